The topological polar surface area (TPSA) is 46.3 Å². The molecule has 2 N–H and O–H groups in total. The van der Waals surface area contributed by atoms with Crippen LogP contribution in [-0.4, -0.2) is 35.7 Å². The molecular weight excluding hydrogens is 280 g/mol. The molecule has 1 aliphatic carbocycles. The highest BCUT2D eigenvalue weighted by atomic mass is 32.2. The van der Waals surface area contributed by atoms with Crippen molar-refractivity contribution >= 4 is 17.7 Å². The molecule has 0 aromatic heterocycles. The zero-order valence-electron chi connectivity index (χ0n) is 12.6. The number of thioether (sulfide) groups is 1. The van der Waals surface area contributed by atoms with Gasteiger partial charge in [-0.2, -0.15) is 11.8 Å². The van der Waals surface area contributed by atoms with Crippen molar-refractivity contribution in [1.82, 2.24) is 4.90 Å². The Morgan fingerprint density at radius 1 is 1.29 bits per heavy atom. The van der Waals surface area contributed by atoms with Crippen molar-refractivity contribution in [1.29, 1.82) is 0 Å². The van der Waals surface area contributed by atoms with Crippen molar-refractivity contribution in [2.24, 2.45) is 17.6 Å². The molecule has 3 rings (SSSR count). The molecular formula is C17H24N2OS. The SMILES string of the molecule is CCSCc1ccc(C(=O)N2CC3CCC(N)C3C2)cc1. The van der Waals surface area contributed by atoms with Crippen molar-refractivity contribution in [3.8, 4) is 0 Å². The van der Waals surface area contributed by atoms with Crippen molar-refractivity contribution in [3.63, 3.8) is 0 Å². The van der Waals surface area contributed by atoms with E-state index >= 15 is 0 Å². The number of likely N-dealkylation sites (tertiary alicyclic amines) is 1. The fourth-order valence-corrected chi connectivity index (χ4v) is 4.25. The van der Waals surface area contributed by atoms with E-state index in [4.69, 9.17) is 5.73 Å². The summed E-state index contributed by atoms with van der Waals surface area (Å²) in [5.74, 6) is 3.47. The van der Waals surface area contributed by atoms with E-state index in [1.807, 2.05) is 28.8 Å². The Morgan fingerprint density at radius 3 is 2.71 bits per heavy atom. The smallest absolute Gasteiger partial charge is 0.253 e. The van der Waals surface area contributed by atoms with Gasteiger partial charge < -0.3 is 10.6 Å². The molecule has 3 atom stereocenters. The third-order valence-electron chi connectivity index (χ3n) is 4.87. The summed E-state index contributed by atoms with van der Waals surface area (Å²) >= 11 is 1.90. The van der Waals surface area contributed by atoms with Crippen molar-refractivity contribution in [2.45, 2.75) is 31.6 Å². The number of hydrogen-bond donors (Lipinski definition) is 1. The number of rotatable bonds is 4. The molecule has 4 heteroatoms. The van der Waals surface area contributed by atoms with Gasteiger partial charge in [-0.3, -0.25) is 4.79 Å². The lowest BCUT2D eigenvalue weighted by molar-refractivity contribution is 0.0779. The van der Waals surface area contributed by atoms with Crippen LogP contribution in [-0.2, 0) is 5.75 Å². The predicted molar refractivity (Wildman–Crippen MR) is 88.4 cm³/mol. The molecule has 21 heavy (non-hydrogen) atoms. The highest BCUT2D eigenvalue weighted by Crippen LogP contribution is 2.37. The zero-order chi connectivity index (χ0) is 14.8. The van der Waals surface area contributed by atoms with Gasteiger partial charge in [0.2, 0.25) is 0 Å². The molecule has 0 spiro atoms. The normalized spacial score (nSPS) is 27.9. The standard InChI is InChI=1S/C17H24N2OS/c1-2-21-11-12-3-5-13(6-4-12)17(20)19-9-14-7-8-16(18)15(14)10-19/h3-6,14-16H,2,7-11,18H2,1H3. The maximum absolute atomic E-state index is 12.6. The van der Waals surface area contributed by atoms with E-state index in [0.29, 0.717) is 17.9 Å². The Kier molecular flexibility index (Phi) is 4.55. The molecule has 1 aliphatic heterocycles. The first kappa shape index (κ1) is 14.9. The second-order valence-corrected chi connectivity index (χ2v) is 7.48. The van der Waals surface area contributed by atoms with Crippen molar-refractivity contribution in [2.75, 3.05) is 18.8 Å². The lowest BCUT2D eigenvalue weighted by Gasteiger charge is -2.19. The van der Waals surface area contributed by atoms with E-state index in [9.17, 15) is 4.79 Å². The van der Waals surface area contributed by atoms with Crippen LogP contribution in [0.15, 0.2) is 24.3 Å². The van der Waals surface area contributed by atoms with E-state index in [-0.39, 0.29) is 5.91 Å². The monoisotopic (exact) mass is 304 g/mol. The van der Waals surface area contributed by atoms with Crippen LogP contribution in [0.4, 0.5) is 0 Å². The number of amides is 1. The summed E-state index contributed by atoms with van der Waals surface area (Å²) in [7, 11) is 0. The maximum Gasteiger partial charge on any atom is 0.253 e. The molecule has 0 radical (unpaired) electrons. The summed E-state index contributed by atoms with van der Waals surface area (Å²) < 4.78 is 0. The number of nitrogens with zero attached hydrogens (tertiary/aromatic N) is 1. The van der Waals surface area contributed by atoms with Crippen molar-refractivity contribution in [3.05, 3.63) is 35.4 Å². The largest absolute Gasteiger partial charge is 0.338 e. The van der Waals surface area contributed by atoms with E-state index in [1.54, 1.807) is 0 Å². The summed E-state index contributed by atoms with van der Waals surface area (Å²) in [4.78, 5) is 14.6. The number of carbonyl (C=O) groups excluding carboxylic acids is 1. The number of hydrogen-bond acceptors (Lipinski definition) is 3. The number of benzene rings is 1. The van der Waals surface area contributed by atoms with Crippen LogP contribution >= 0.6 is 11.8 Å². The molecule has 1 saturated carbocycles. The molecule has 3 unspecified atom stereocenters. The van der Waals surface area contributed by atoms with Gasteiger partial charge in [0.1, 0.15) is 0 Å². The summed E-state index contributed by atoms with van der Waals surface area (Å²) in [5.41, 5.74) is 8.25. The number of carbonyl (C=O) groups is 1. The molecule has 2 fully saturated rings. The van der Waals surface area contributed by atoms with Gasteiger partial charge in [0.15, 0.2) is 0 Å². The van der Waals surface area contributed by atoms with Crippen LogP contribution in [0.25, 0.3) is 0 Å². The molecule has 1 saturated heterocycles. The maximum atomic E-state index is 12.6. The quantitative estimate of drug-likeness (QED) is 0.930. The van der Waals surface area contributed by atoms with Crippen LogP contribution < -0.4 is 5.73 Å². The van der Waals surface area contributed by atoms with Gasteiger partial charge in [0.05, 0.1) is 0 Å². The van der Waals surface area contributed by atoms with E-state index in [0.717, 1.165) is 36.6 Å². The summed E-state index contributed by atoms with van der Waals surface area (Å²) in [6.45, 7) is 3.90. The predicted octanol–water partition coefficient (Wildman–Crippen LogP) is 2.75. The van der Waals surface area contributed by atoms with E-state index in [2.05, 4.69) is 19.1 Å². The second-order valence-electron chi connectivity index (χ2n) is 6.21. The van der Waals surface area contributed by atoms with Gasteiger partial charge in [-0.05, 0) is 48.1 Å². The van der Waals surface area contributed by atoms with Gasteiger partial charge in [0.25, 0.3) is 5.91 Å². The van der Waals surface area contributed by atoms with E-state index < -0.39 is 0 Å². The average molecular weight is 304 g/mol. The van der Waals surface area contributed by atoms with Gasteiger partial charge in [-0.1, -0.05) is 19.1 Å². The fraction of sp³-hybridized carbons (Fsp3) is 0.588. The summed E-state index contributed by atoms with van der Waals surface area (Å²) in [6.07, 6.45) is 2.31. The van der Waals surface area contributed by atoms with Gasteiger partial charge in [-0.25, -0.2) is 0 Å². The first-order valence-corrected chi connectivity index (χ1v) is 9.06. The third-order valence-corrected chi connectivity index (χ3v) is 5.82. The minimum absolute atomic E-state index is 0.172. The minimum atomic E-state index is 0.172. The summed E-state index contributed by atoms with van der Waals surface area (Å²) in [6, 6.07) is 8.40. The van der Waals surface area contributed by atoms with Crippen LogP contribution in [0.5, 0.6) is 0 Å². The Bertz CT molecular complexity index is 502. The van der Waals surface area contributed by atoms with Gasteiger partial charge in [-0.15, -0.1) is 0 Å². The summed E-state index contributed by atoms with van der Waals surface area (Å²) in [5, 5.41) is 0. The van der Waals surface area contributed by atoms with Crippen LogP contribution in [0.2, 0.25) is 0 Å². The Labute approximate surface area is 131 Å². The van der Waals surface area contributed by atoms with Crippen molar-refractivity contribution < 1.29 is 4.79 Å². The van der Waals surface area contributed by atoms with Crippen LogP contribution in [0, 0.1) is 11.8 Å². The molecule has 1 aromatic rings. The third kappa shape index (κ3) is 3.11. The number of nitrogens with two attached hydrogens (primary N) is 1. The van der Waals surface area contributed by atoms with Crippen LogP contribution in [0.3, 0.4) is 0 Å². The van der Waals surface area contributed by atoms with Gasteiger partial charge in [0, 0.05) is 30.4 Å². The average Bonchev–Trinajstić information content (AvgIpc) is 3.07. The highest BCUT2D eigenvalue weighted by Gasteiger charge is 2.42. The minimum Gasteiger partial charge on any atom is -0.338 e. The fourth-order valence-electron chi connectivity index (χ4n) is 3.62. The molecule has 1 amide bonds. The molecule has 3 nitrogen and oxygen atoms in total. The first-order chi connectivity index (χ1) is 10.2. The lowest BCUT2D eigenvalue weighted by atomic mass is 9.98. The molecule has 114 valence electrons. The molecule has 1 heterocycles. The highest BCUT2D eigenvalue weighted by molar-refractivity contribution is 7.98. The lowest BCUT2D eigenvalue weighted by Crippen LogP contribution is -2.33. The first-order valence-electron chi connectivity index (χ1n) is 7.90. The second kappa shape index (κ2) is 6.41. The molecule has 0 bridgehead atoms. The zero-order valence-corrected chi connectivity index (χ0v) is 13.4. The van der Waals surface area contributed by atoms with E-state index in [1.165, 1.54) is 12.0 Å². The molecule has 1 aromatic carbocycles. The van der Waals surface area contributed by atoms with Crippen LogP contribution in [0.1, 0.15) is 35.7 Å². The molecule has 2 aliphatic rings. The number of fused-ring (bicyclic) bond motifs is 1. The Morgan fingerprint density at radius 2 is 2.05 bits per heavy atom. The van der Waals surface area contributed by atoms with Gasteiger partial charge >= 0.3 is 0 Å². The Balaban J connectivity index is 1.63. The Hall–Kier alpha value is -1.00.